The molecule has 21 heavy (non-hydrogen) atoms. The number of carbonyl (C=O) groups is 1. The van der Waals surface area contributed by atoms with Crippen LogP contribution in [0, 0.1) is 18.8 Å². The molecule has 0 aromatic carbocycles. The van der Waals surface area contributed by atoms with E-state index < -0.39 is 0 Å². The Morgan fingerprint density at radius 3 is 2.62 bits per heavy atom. The van der Waals surface area contributed by atoms with Gasteiger partial charge in [-0.15, -0.1) is 0 Å². The number of anilines is 1. The molecule has 1 N–H and O–H groups in total. The number of nitrogens with zero attached hydrogens (tertiary/aromatic N) is 2. The molecule has 4 nitrogen and oxygen atoms in total. The molecule has 4 heteroatoms. The Kier molecular flexibility index (Phi) is 5.21. The molecule has 0 aliphatic carbocycles. The number of amides is 1. The van der Waals surface area contributed by atoms with Gasteiger partial charge in [0.05, 0.1) is 0 Å². The summed E-state index contributed by atoms with van der Waals surface area (Å²) in [5.74, 6) is 2.10. The van der Waals surface area contributed by atoms with E-state index in [1.54, 1.807) is 0 Å². The van der Waals surface area contributed by atoms with Crippen molar-refractivity contribution in [2.24, 2.45) is 11.8 Å². The van der Waals surface area contributed by atoms with E-state index in [0.717, 1.165) is 43.1 Å². The van der Waals surface area contributed by atoms with Gasteiger partial charge in [-0.05, 0) is 43.7 Å². The number of piperidine rings is 1. The summed E-state index contributed by atoms with van der Waals surface area (Å²) in [5, 5.41) is 3.27. The van der Waals surface area contributed by atoms with E-state index in [4.69, 9.17) is 0 Å². The van der Waals surface area contributed by atoms with Crippen molar-refractivity contribution >= 4 is 11.7 Å². The highest BCUT2D eigenvalue weighted by molar-refractivity contribution is 5.95. The summed E-state index contributed by atoms with van der Waals surface area (Å²) in [7, 11) is 0. The standard InChI is InChI=1S/C17H27N3O/c1-5-6-18-16-9-15(8-14(4)19-16)17(21)20-10-12(2)7-13(3)11-20/h8-9,12-13H,5-7,10-11H2,1-4H3,(H,18,19). The molecule has 1 aromatic rings. The molecule has 0 bridgehead atoms. The molecule has 0 spiro atoms. The quantitative estimate of drug-likeness (QED) is 0.924. The molecule has 116 valence electrons. The van der Waals surface area contributed by atoms with Gasteiger partial charge in [0.25, 0.3) is 5.91 Å². The van der Waals surface area contributed by atoms with Crippen molar-refractivity contribution in [3.05, 3.63) is 23.4 Å². The first-order valence-electron chi connectivity index (χ1n) is 8.01. The summed E-state index contributed by atoms with van der Waals surface area (Å²) in [6.45, 7) is 11.1. The van der Waals surface area contributed by atoms with Crippen LogP contribution in [0.4, 0.5) is 5.82 Å². The second-order valence-electron chi connectivity index (χ2n) is 6.47. The van der Waals surface area contributed by atoms with Crippen LogP contribution in [0.3, 0.4) is 0 Å². The third-order valence-corrected chi connectivity index (χ3v) is 3.91. The Morgan fingerprint density at radius 1 is 1.33 bits per heavy atom. The average Bonchev–Trinajstić information content (AvgIpc) is 2.42. The Labute approximate surface area is 127 Å². The van der Waals surface area contributed by atoms with Crippen molar-refractivity contribution < 1.29 is 4.79 Å². The van der Waals surface area contributed by atoms with Gasteiger partial charge >= 0.3 is 0 Å². The van der Waals surface area contributed by atoms with E-state index in [1.807, 2.05) is 24.0 Å². The lowest BCUT2D eigenvalue weighted by Gasteiger charge is -2.35. The predicted molar refractivity (Wildman–Crippen MR) is 86.6 cm³/mol. The first kappa shape index (κ1) is 15.8. The van der Waals surface area contributed by atoms with Crippen LogP contribution < -0.4 is 5.32 Å². The molecule has 1 aliphatic rings. The zero-order valence-corrected chi connectivity index (χ0v) is 13.6. The predicted octanol–water partition coefficient (Wildman–Crippen LogP) is 3.33. The van der Waals surface area contributed by atoms with E-state index >= 15 is 0 Å². The Bertz CT molecular complexity index is 491. The Morgan fingerprint density at radius 2 is 2.00 bits per heavy atom. The number of likely N-dealkylation sites (tertiary alicyclic amines) is 1. The fraction of sp³-hybridized carbons (Fsp3) is 0.647. The van der Waals surface area contributed by atoms with Gasteiger partial charge < -0.3 is 10.2 Å². The largest absolute Gasteiger partial charge is 0.370 e. The third-order valence-electron chi connectivity index (χ3n) is 3.91. The van der Waals surface area contributed by atoms with Gasteiger partial charge in [-0.3, -0.25) is 4.79 Å². The number of carbonyl (C=O) groups excluding carboxylic acids is 1. The van der Waals surface area contributed by atoms with Gasteiger partial charge in [0, 0.05) is 30.9 Å². The maximum Gasteiger partial charge on any atom is 0.254 e. The van der Waals surface area contributed by atoms with Crippen molar-refractivity contribution in [3.8, 4) is 0 Å². The van der Waals surface area contributed by atoms with Crippen LogP contribution in [0.1, 0.15) is 49.7 Å². The lowest BCUT2D eigenvalue weighted by atomic mass is 9.91. The minimum absolute atomic E-state index is 0.137. The summed E-state index contributed by atoms with van der Waals surface area (Å²) < 4.78 is 0. The highest BCUT2D eigenvalue weighted by Gasteiger charge is 2.26. The highest BCUT2D eigenvalue weighted by atomic mass is 16.2. The number of hydrogen-bond donors (Lipinski definition) is 1. The monoisotopic (exact) mass is 289 g/mol. The summed E-state index contributed by atoms with van der Waals surface area (Å²) in [4.78, 5) is 19.2. The van der Waals surface area contributed by atoms with Crippen molar-refractivity contribution in [2.75, 3.05) is 25.0 Å². The van der Waals surface area contributed by atoms with Crippen molar-refractivity contribution in [2.45, 2.75) is 40.5 Å². The first-order valence-corrected chi connectivity index (χ1v) is 8.01. The lowest BCUT2D eigenvalue weighted by Crippen LogP contribution is -2.42. The van der Waals surface area contributed by atoms with Gasteiger partial charge in [-0.2, -0.15) is 0 Å². The number of rotatable bonds is 4. The molecule has 1 amide bonds. The van der Waals surface area contributed by atoms with Crippen molar-refractivity contribution in [1.29, 1.82) is 0 Å². The molecule has 1 aromatic heterocycles. The molecule has 0 saturated carbocycles. The van der Waals surface area contributed by atoms with Crippen LogP contribution in [0.5, 0.6) is 0 Å². The lowest BCUT2D eigenvalue weighted by molar-refractivity contribution is 0.0623. The molecule has 2 rings (SSSR count). The van der Waals surface area contributed by atoms with Crippen LogP contribution in [-0.2, 0) is 0 Å². The Balaban J connectivity index is 2.16. The molecular formula is C17H27N3O. The summed E-state index contributed by atoms with van der Waals surface area (Å²) in [6, 6.07) is 3.78. The topological polar surface area (TPSA) is 45.2 Å². The zero-order chi connectivity index (χ0) is 15.4. The number of aryl methyl sites for hydroxylation is 1. The summed E-state index contributed by atoms with van der Waals surface area (Å²) in [5.41, 5.74) is 1.64. The zero-order valence-electron chi connectivity index (χ0n) is 13.6. The normalized spacial score (nSPS) is 22.2. The van der Waals surface area contributed by atoms with Crippen molar-refractivity contribution in [3.63, 3.8) is 0 Å². The molecule has 1 fully saturated rings. The maximum atomic E-state index is 12.7. The number of nitrogens with one attached hydrogen (secondary N) is 1. The minimum atomic E-state index is 0.137. The summed E-state index contributed by atoms with van der Waals surface area (Å²) in [6.07, 6.45) is 2.25. The van der Waals surface area contributed by atoms with Gasteiger partial charge in [-0.1, -0.05) is 20.8 Å². The van der Waals surface area contributed by atoms with E-state index in [9.17, 15) is 4.79 Å². The molecule has 2 atom stereocenters. The highest BCUT2D eigenvalue weighted by Crippen LogP contribution is 2.23. The van der Waals surface area contributed by atoms with Gasteiger partial charge in [0.2, 0.25) is 0 Å². The second kappa shape index (κ2) is 6.92. The Hall–Kier alpha value is -1.58. The number of aromatic nitrogens is 1. The van der Waals surface area contributed by atoms with Crippen LogP contribution >= 0.6 is 0 Å². The number of pyridine rings is 1. The fourth-order valence-electron chi connectivity index (χ4n) is 3.15. The average molecular weight is 289 g/mol. The molecule has 2 unspecified atom stereocenters. The van der Waals surface area contributed by atoms with Gasteiger partial charge in [0.1, 0.15) is 5.82 Å². The van der Waals surface area contributed by atoms with Crippen LogP contribution in [0.25, 0.3) is 0 Å². The minimum Gasteiger partial charge on any atom is -0.370 e. The fourth-order valence-corrected chi connectivity index (χ4v) is 3.15. The van der Waals surface area contributed by atoms with Crippen LogP contribution in [0.2, 0.25) is 0 Å². The second-order valence-corrected chi connectivity index (χ2v) is 6.47. The first-order chi connectivity index (χ1) is 9.99. The van der Waals surface area contributed by atoms with Crippen LogP contribution in [0.15, 0.2) is 12.1 Å². The molecule has 0 radical (unpaired) electrons. The number of hydrogen-bond acceptors (Lipinski definition) is 3. The molecule has 1 saturated heterocycles. The molecule has 2 heterocycles. The van der Waals surface area contributed by atoms with Crippen LogP contribution in [-0.4, -0.2) is 35.4 Å². The third kappa shape index (κ3) is 4.19. The van der Waals surface area contributed by atoms with E-state index in [-0.39, 0.29) is 5.91 Å². The van der Waals surface area contributed by atoms with Gasteiger partial charge in [0.15, 0.2) is 0 Å². The molecule has 1 aliphatic heterocycles. The van der Waals surface area contributed by atoms with E-state index in [2.05, 4.69) is 31.1 Å². The van der Waals surface area contributed by atoms with Crippen molar-refractivity contribution in [1.82, 2.24) is 9.88 Å². The summed E-state index contributed by atoms with van der Waals surface area (Å²) >= 11 is 0. The SMILES string of the molecule is CCCNc1cc(C(=O)N2CC(C)CC(C)C2)cc(C)n1. The maximum absolute atomic E-state index is 12.7. The smallest absolute Gasteiger partial charge is 0.254 e. The van der Waals surface area contributed by atoms with E-state index in [0.29, 0.717) is 11.8 Å². The van der Waals surface area contributed by atoms with E-state index in [1.165, 1.54) is 6.42 Å². The van der Waals surface area contributed by atoms with Gasteiger partial charge in [-0.25, -0.2) is 4.98 Å². The molecular weight excluding hydrogens is 262 g/mol.